The number of ether oxygens (including phenoxy) is 1. The van der Waals surface area contributed by atoms with Crippen LogP contribution in [-0.2, 0) is 0 Å². The van der Waals surface area contributed by atoms with Gasteiger partial charge < -0.3 is 14.5 Å². The third kappa shape index (κ3) is 3.58. The van der Waals surface area contributed by atoms with Crippen molar-refractivity contribution < 1.29 is 8.85 Å². The van der Waals surface area contributed by atoms with Gasteiger partial charge in [-0.1, -0.05) is 18.2 Å². The number of methoxy groups -OCH3 is 1. The number of aromatic nitrogens is 4. The van der Waals surface area contributed by atoms with Crippen LogP contribution in [0.15, 0.2) is 42.6 Å². The lowest BCUT2D eigenvalue weighted by atomic mass is 9.99. The van der Waals surface area contributed by atoms with E-state index in [1.807, 2.05) is 30.5 Å². The Kier molecular flexibility index (Phi) is 4.41. The maximum absolute atomic E-state index is 7.88. The summed E-state index contributed by atoms with van der Waals surface area (Å²) in [6.45, 7) is 3.53. The second-order valence-corrected chi connectivity index (χ2v) is 8.18. The van der Waals surface area contributed by atoms with E-state index in [0.29, 0.717) is 39.3 Å². The highest BCUT2D eigenvalue weighted by molar-refractivity contribution is 5.93. The maximum Gasteiger partial charge on any atom is 0.147 e. The molecular formula is C25H28N6O. The van der Waals surface area contributed by atoms with Gasteiger partial charge in [-0.2, -0.15) is 5.10 Å². The van der Waals surface area contributed by atoms with Gasteiger partial charge in [-0.25, -0.2) is 9.97 Å². The van der Waals surface area contributed by atoms with Crippen molar-refractivity contribution in [1.82, 2.24) is 25.1 Å². The third-order valence-electron chi connectivity index (χ3n) is 6.16. The van der Waals surface area contributed by atoms with Crippen molar-refractivity contribution >= 4 is 16.9 Å². The topological polar surface area (TPSA) is 70.2 Å². The summed E-state index contributed by atoms with van der Waals surface area (Å²) in [5.41, 5.74) is 5.19. The van der Waals surface area contributed by atoms with Gasteiger partial charge >= 0.3 is 0 Å². The van der Waals surface area contributed by atoms with Crippen LogP contribution in [0.3, 0.4) is 0 Å². The van der Waals surface area contributed by atoms with Gasteiger partial charge in [-0.15, -0.1) is 0 Å². The van der Waals surface area contributed by atoms with Crippen molar-refractivity contribution in [3.05, 3.63) is 53.7 Å². The van der Waals surface area contributed by atoms with Crippen molar-refractivity contribution in [2.24, 2.45) is 0 Å². The number of hydrogen-bond acceptors (Lipinski definition) is 6. The molecule has 1 aromatic carbocycles. The zero-order valence-corrected chi connectivity index (χ0v) is 18.5. The lowest BCUT2D eigenvalue weighted by Gasteiger charge is -2.33. The Hall–Kier alpha value is -3.45. The summed E-state index contributed by atoms with van der Waals surface area (Å²) in [5, 5.41) is 7.56. The van der Waals surface area contributed by atoms with Crippen LogP contribution in [0.1, 0.15) is 15.2 Å². The average molecular weight is 432 g/mol. The molecule has 0 bridgehead atoms. The zero-order chi connectivity index (χ0) is 24.7. The third-order valence-corrected chi connectivity index (χ3v) is 6.16. The summed E-state index contributed by atoms with van der Waals surface area (Å²) in [7, 11) is 3.71. The molecule has 1 aliphatic heterocycles. The van der Waals surface area contributed by atoms with Crippen LogP contribution in [0.2, 0.25) is 0 Å². The highest BCUT2D eigenvalue weighted by Crippen LogP contribution is 2.36. The number of benzene rings is 1. The first-order chi connectivity index (χ1) is 16.8. The standard InChI is InChI=1S/C25H28N6O/c1-16-6-5-7-19(17(16)2)24-21(32-4)14-20-25(27-24)23(29-28-20)18-8-9-22(26-15-18)31-12-10-30(3)11-13-31/h5-9,14-15H,10-13H2,1-4H3,(H,28,29)/i1D3. The number of fused-ring (bicyclic) bond motifs is 1. The van der Waals surface area contributed by atoms with Crippen molar-refractivity contribution in [3.8, 4) is 28.3 Å². The second-order valence-electron chi connectivity index (χ2n) is 8.18. The van der Waals surface area contributed by atoms with Gasteiger partial charge in [0.15, 0.2) is 0 Å². The first kappa shape index (κ1) is 17.1. The minimum atomic E-state index is -2.21. The number of pyridine rings is 2. The molecule has 0 saturated carbocycles. The van der Waals surface area contributed by atoms with E-state index in [-0.39, 0.29) is 0 Å². The van der Waals surface area contributed by atoms with Crippen LogP contribution < -0.4 is 9.64 Å². The molecule has 1 fully saturated rings. The van der Waals surface area contributed by atoms with Crippen molar-refractivity contribution in [1.29, 1.82) is 0 Å². The number of anilines is 1. The van der Waals surface area contributed by atoms with E-state index in [4.69, 9.17) is 18.8 Å². The van der Waals surface area contributed by atoms with E-state index in [9.17, 15) is 0 Å². The number of piperazine rings is 1. The fourth-order valence-electron chi connectivity index (χ4n) is 4.12. The molecule has 0 radical (unpaired) electrons. The molecular weight excluding hydrogens is 400 g/mol. The Morgan fingerprint density at radius 2 is 1.94 bits per heavy atom. The monoisotopic (exact) mass is 431 g/mol. The molecule has 4 heterocycles. The molecule has 32 heavy (non-hydrogen) atoms. The molecule has 0 amide bonds. The number of rotatable bonds is 4. The van der Waals surface area contributed by atoms with E-state index in [0.717, 1.165) is 43.1 Å². The van der Waals surface area contributed by atoms with E-state index in [2.05, 4.69) is 27.0 Å². The Morgan fingerprint density at radius 3 is 2.66 bits per heavy atom. The molecule has 5 rings (SSSR count). The van der Waals surface area contributed by atoms with Crippen molar-refractivity contribution in [2.45, 2.75) is 13.8 Å². The number of likely N-dealkylation sites (N-methyl/N-ethyl adjacent to an activating group) is 1. The van der Waals surface area contributed by atoms with Crippen LogP contribution in [0.4, 0.5) is 5.82 Å². The molecule has 7 heteroatoms. The Balaban J connectivity index is 1.56. The minimum Gasteiger partial charge on any atom is -0.494 e. The summed E-state index contributed by atoms with van der Waals surface area (Å²) in [6, 6.07) is 11.1. The lowest BCUT2D eigenvalue weighted by molar-refractivity contribution is 0.312. The molecule has 1 N–H and O–H groups in total. The molecule has 3 aromatic heterocycles. The first-order valence-electron chi connectivity index (χ1n) is 12.2. The molecule has 0 aliphatic carbocycles. The Morgan fingerprint density at radius 1 is 1.09 bits per heavy atom. The maximum atomic E-state index is 7.88. The van der Waals surface area contributed by atoms with Crippen molar-refractivity contribution in [3.63, 3.8) is 0 Å². The summed E-state index contributed by atoms with van der Waals surface area (Å²) in [4.78, 5) is 14.2. The smallest absolute Gasteiger partial charge is 0.147 e. The summed E-state index contributed by atoms with van der Waals surface area (Å²) < 4.78 is 29.3. The molecule has 4 aromatic rings. The van der Waals surface area contributed by atoms with Gasteiger partial charge in [0.2, 0.25) is 0 Å². The Bertz CT molecular complexity index is 1360. The molecule has 0 unspecified atom stereocenters. The molecule has 164 valence electrons. The van der Waals surface area contributed by atoms with Crippen LogP contribution >= 0.6 is 0 Å². The average Bonchev–Trinajstić information content (AvgIpc) is 3.26. The van der Waals surface area contributed by atoms with Crippen LogP contribution in [0.25, 0.3) is 33.5 Å². The van der Waals surface area contributed by atoms with E-state index in [1.54, 1.807) is 26.2 Å². The van der Waals surface area contributed by atoms with E-state index >= 15 is 0 Å². The molecule has 1 aliphatic rings. The van der Waals surface area contributed by atoms with Crippen molar-refractivity contribution in [2.75, 3.05) is 45.2 Å². The largest absolute Gasteiger partial charge is 0.494 e. The fraction of sp³-hybridized carbons (Fsp3) is 0.320. The molecule has 7 nitrogen and oxygen atoms in total. The normalized spacial score (nSPS) is 16.6. The summed E-state index contributed by atoms with van der Waals surface area (Å²) >= 11 is 0. The van der Waals surface area contributed by atoms with Gasteiger partial charge in [0.25, 0.3) is 0 Å². The first-order valence-corrected chi connectivity index (χ1v) is 10.7. The second kappa shape index (κ2) is 8.24. The number of nitrogens with zero attached hydrogens (tertiary/aromatic N) is 5. The predicted molar refractivity (Wildman–Crippen MR) is 128 cm³/mol. The van der Waals surface area contributed by atoms with Crippen LogP contribution in [0.5, 0.6) is 5.75 Å². The molecule has 1 saturated heterocycles. The SMILES string of the molecule is [2H]C([2H])([2H])c1cccc(-c2nc3c(-c4ccc(N5CCN(C)CC5)nc4)n[nH]c3cc2OC)c1C. The predicted octanol–water partition coefficient (Wildman–Crippen LogP) is 4.06. The fourth-order valence-corrected chi connectivity index (χ4v) is 4.12. The van der Waals surface area contributed by atoms with Gasteiger partial charge in [-0.05, 0) is 44.1 Å². The molecule has 0 atom stereocenters. The quantitative estimate of drug-likeness (QED) is 0.525. The van der Waals surface area contributed by atoms with Gasteiger partial charge in [0.05, 0.1) is 12.6 Å². The summed E-state index contributed by atoms with van der Waals surface area (Å²) in [6.07, 6.45) is 1.83. The molecule has 0 spiro atoms. The number of aryl methyl sites for hydroxylation is 1. The number of H-pyrrole nitrogens is 1. The van der Waals surface area contributed by atoms with Crippen LogP contribution in [-0.4, -0.2) is 65.4 Å². The number of nitrogens with one attached hydrogen (secondary N) is 1. The lowest BCUT2D eigenvalue weighted by Crippen LogP contribution is -2.44. The van der Waals surface area contributed by atoms with Gasteiger partial charge in [0.1, 0.15) is 28.5 Å². The van der Waals surface area contributed by atoms with Crippen LogP contribution in [0, 0.1) is 13.8 Å². The van der Waals surface area contributed by atoms with E-state index in [1.165, 1.54) is 0 Å². The highest BCUT2D eigenvalue weighted by atomic mass is 16.5. The van der Waals surface area contributed by atoms with Gasteiger partial charge in [0, 0.05) is 53.7 Å². The summed E-state index contributed by atoms with van der Waals surface area (Å²) in [5.74, 6) is 1.50. The number of hydrogen-bond donors (Lipinski definition) is 1. The zero-order valence-electron chi connectivity index (χ0n) is 21.5. The minimum absolute atomic E-state index is 0.301. The van der Waals surface area contributed by atoms with Gasteiger partial charge in [-0.3, -0.25) is 5.10 Å². The Labute approximate surface area is 192 Å². The highest BCUT2D eigenvalue weighted by Gasteiger charge is 2.19. The number of aromatic amines is 1. The van der Waals surface area contributed by atoms with E-state index < -0.39 is 6.85 Å².